The summed E-state index contributed by atoms with van der Waals surface area (Å²) < 4.78 is 5.37. The molecule has 0 aliphatic carbocycles. The maximum atomic E-state index is 11.1. The number of nitro groups is 1. The van der Waals surface area contributed by atoms with Crippen molar-refractivity contribution in [2.75, 3.05) is 26.7 Å². The highest BCUT2D eigenvalue weighted by molar-refractivity contribution is 5.31. The lowest BCUT2D eigenvalue weighted by molar-refractivity contribution is -0.521. The molecular formula is C13H18N2O3. The summed E-state index contributed by atoms with van der Waals surface area (Å²) >= 11 is 0. The molecule has 1 heterocycles. The number of ether oxygens (including phenoxy) is 1. The van der Waals surface area contributed by atoms with Crippen molar-refractivity contribution in [3.63, 3.8) is 0 Å². The molecule has 2 atom stereocenters. The summed E-state index contributed by atoms with van der Waals surface area (Å²) in [5, 5.41) is 11.1. The molecule has 18 heavy (non-hydrogen) atoms. The molecule has 0 radical (unpaired) electrons. The van der Waals surface area contributed by atoms with Crippen molar-refractivity contribution in [1.82, 2.24) is 4.90 Å². The van der Waals surface area contributed by atoms with Gasteiger partial charge in [0.1, 0.15) is 5.75 Å². The Morgan fingerprint density at radius 1 is 1.39 bits per heavy atom. The molecule has 1 fully saturated rings. The zero-order chi connectivity index (χ0) is 13.1. The van der Waals surface area contributed by atoms with Crippen molar-refractivity contribution in [3.8, 4) is 5.75 Å². The fraction of sp³-hybridized carbons (Fsp3) is 0.538. The highest BCUT2D eigenvalue weighted by atomic mass is 16.6. The van der Waals surface area contributed by atoms with Crippen LogP contribution in [-0.2, 0) is 0 Å². The first-order valence-corrected chi connectivity index (χ1v) is 6.16. The molecule has 2 unspecified atom stereocenters. The van der Waals surface area contributed by atoms with E-state index in [1.807, 2.05) is 43.1 Å². The Hall–Kier alpha value is -1.62. The molecule has 2 rings (SSSR count). The number of likely N-dealkylation sites (tertiary alicyclic amines) is 1. The van der Waals surface area contributed by atoms with Crippen LogP contribution in [0.1, 0.15) is 18.4 Å². The summed E-state index contributed by atoms with van der Waals surface area (Å²) in [5.41, 5.74) is 1.02. The molecule has 1 aliphatic heterocycles. The van der Waals surface area contributed by atoms with E-state index in [-0.39, 0.29) is 10.8 Å². The van der Waals surface area contributed by atoms with Gasteiger partial charge in [-0.05, 0) is 31.7 Å². The third-order valence-electron chi connectivity index (χ3n) is 3.36. The van der Waals surface area contributed by atoms with E-state index in [2.05, 4.69) is 0 Å². The predicted octanol–water partition coefficient (Wildman–Crippen LogP) is 1.76. The average molecular weight is 250 g/mol. The number of rotatable bonds is 4. The largest absolute Gasteiger partial charge is 0.494 e. The van der Waals surface area contributed by atoms with Gasteiger partial charge in [-0.3, -0.25) is 15.0 Å². The van der Waals surface area contributed by atoms with Crippen molar-refractivity contribution in [1.29, 1.82) is 0 Å². The molecule has 1 aliphatic rings. The van der Waals surface area contributed by atoms with Crippen LogP contribution < -0.4 is 4.74 Å². The second kappa shape index (κ2) is 5.35. The first kappa shape index (κ1) is 12.8. The van der Waals surface area contributed by atoms with Crippen molar-refractivity contribution < 1.29 is 9.66 Å². The molecule has 5 nitrogen and oxygen atoms in total. The van der Waals surface area contributed by atoms with Gasteiger partial charge in [-0.15, -0.1) is 0 Å². The molecular weight excluding hydrogens is 232 g/mol. The smallest absolute Gasteiger partial charge is 0.233 e. The zero-order valence-electron chi connectivity index (χ0n) is 10.7. The second-order valence-corrected chi connectivity index (χ2v) is 4.68. The van der Waals surface area contributed by atoms with E-state index < -0.39 is 6.04 Å². The SMILES string of the molecule is CCOc1ccc(C2CN(C)CC2[N+](=O)[O-])cc1. The number of hydrogen-bond acceptors (Lipinski definition) is 4. The van der Waals surface area contributed by atoms with Gasteiger partial charge >= 0.3 is 0 Å². The van der Waals surface area contributed by atoms with E-state index in [9.17, 15) is 10.1 Å². The molecule has 0 saturated carbocycles. The Bertz CT molecular complexity index is 419. The van der Waals surface area contributed by atoms with Crippen molar-refractivity contribution >= 4 is 0 Å². The van der Waals surface area contributed by atoms with Gasteiger partial charge in [-0.1, -0.05) is 12.1 Å². The van der Waals surface area contributed by atoms with E-state index in [0.29, 0.717) is 13.2 Å². The monoisotopic (exact) mass is 250 g/mol. The molecule has 1 aromatic carbocycles. The van der Waals surface area contributed by atoms with E-state index >= 15 is 0 Å². The summed E-state index contributed by atoms with van der Waals surface area (Å²) in [7, 11) is 1.92. The van der Waals surface area contributed by atoms with E-state index in [0.717, 1.165) is 17.9 Å². The molecule has 0 N–H and O–H groups in total. The fourth-order valence-corrected chi connectivity index (χ4v) is 2.50. The van der Waals surface area contributed by atoms with Gasteiger partial charge in [0.25, 0.3) is 0 Å². The third kappa shape index (κ3) is 2.61. The Kier molecular flexibility index (Phi) is 3.81. The Morgan fingerprint density at radius 3 is 2.61 bits per heavy atom. The van der Waals surface area contributed by atoms with Gasteiger partial charge in [0.05, 0.1) is 19.1 Å². The van der Waals surface area contributed by atoms with Gasteiger partial charge in [-0.2, -0.15) is 0 Å². The van der Waals surface area contributed by atoms with Gasteiger partial charge in [0.2, 0.25) is 6.04 Å². The summed E-state index contributed by atoms with van der Waals surface area (Å²) in [5.74, 6) is 0.783. The van der Waals surface area contributed by atoms with Crippen molar-refractivity contribution in [2.24, 2.45) is 0 Å². The van der Waals surface area contributed by atoms with Gasteiger partial charge in [-0.25, -0.2) is 0 Å². The summed E-state index contributed by atoms with van der Waals surface area (Å²) in [6, 6.07) is 7.13. The summed E-state index contributed by atoms with van der Waals surface area (Å²) in [4.78, 5) is 12.9. The highest BCUT2D eigenvalue weighted by Gasteiger charge is 2.40. The lowest BCUT2D eigenvalue weighted by Crippen LogP contribution is -2.27. The van der Waals surface area contributed by atoms with Crippen molar-refractivity contribution in [3.05, 3.63) is 39.9 Å². The van der Waals surface area contributed by atoms with Crippen LogP contribution in [0.15, 0.2) is 24.3 Å². The van der Waals surface area contributed by atoms with Crippen LogP contribution in [0.3, 0.4) is 0 Å². The number of nitrogens with zero attached hydrogens (tertiary/aromatic N) is 2. The normalized spacial score (nSPS) is 24.1. The Morgan fingerprint density at radius 2 is 2.06 bits per heavy atom. The number of benzene rings is 1. The van der Waals surface area contributed by atoms with Crippen LogP contribution in [0.25, 0.3) is 0 Å². The first-order chi connectivity index (χ1) is 8.61. The van der Waals surface area contributed by atoms with E-state index in [1.165, 1.54) is 0 Å². The van der Waals surface area contributed by atoms with E-state index in [1.54, 1.807) is 0 Å². The van der Waals surface area contributed by atoms with Crippen LogP contribution in [-0.4, -0.2) is 42.6 Å². The minimum atomic E-state index is -0.507. The lowest BCUT2D eigenvalue weighted by atomic mass is 9.95. The maximum Gasteiger partial charge on any atom is 0.233 e. The molecule has 0 bridgehead atoms. The molecule has 98 valence electrons. The fourth-order valence-electron chi connectivity index (χ4n) is 2.50. The number of likely N-dealkylation sites (N-methyl/N-ethyl adjacent to an activating group) is 1. The molecule has 0 spiro atoms. The molecule has 0 amide bonds. The van der Waals surface area contributed by atoms with Crippen LogP contribution in [0.2, 0.25) is 0 Å². The summed E-state index contributed by atoms with van der Waals surface area (Å²) in [6.45, 7) is 3.82. The first-order valence-electron chi connectivity index (χ1n) is 6.16. The maximum absolute atomic E-state index is 11.1. The van der Waals surface area contributed by atoms with E-state index in [4.69, 9.17) is 4.74 Å². The quantitative estimate of drug-likeness (QED) is 0.603. The Balaban J connectivity index is 2.16. The van der Waals surface area contributed by atoms with Gasteiger partial charge < -0.3 is 4.74 Å². The molecule has 1 saturated heterocycles. The van der Waals surface area contributed by atoms with Crippen LogP contribution in [0, 0.1) is 10.1 Å². The average Bonchev–Trinajstić information content (AvgIpc) is 2.73. The van der Waals surface area contributed by atoms with Gasteiger partial charge in [0.15, 0.2) is 0 Å². The zero-order valence-corrected chi connectivity index (χ0v) is 10.7. The van der Waals surface area contributed by atoms with Crippen LogP contribution in [0.4, 0.5) is 0 Å². The Labute approximate surface area is 107 Å². The van der Waals surface area contributed by atoms with Crippen molar-refractivity contribution in [2.45, 2.75) is 18.9 Å². The molecule has 1 aromatic rings. The third-order valence-corrected chi connectivity index (χ3v) is 3.36. The highest BCUT2D eigenvalue weighted by Crippen LogP contribution is 2.29. The van der Waals surface area contributed by atoms with Crippen LogP contribution in [0.5, 0.6) is 5.75 Å². The van der Waals surface area contributed by atoms with Gasteiger partial charge in [0, 0.05) is 11.5 Å². The second-order valence-electron chi connectivity index (χ2n) is 4.68. The topological polar surface area (TPSA) is 55.6 Å². The molecule has 0 aromatic heterocycles. The predicted molar refractivity (Wildman–Crippen MR) is 68.6 cm³/mol. The molecule has 5 heteroatoms. The summed E-state index contributed by atoms with van der Waals surface area (Å²) in [6.07, 6.45) is 0. The standard InChI is InChI=1S/C13H18N2O3/c1-3-18-11-6-4-10(5-7-11)12-8-14(2)9-13(12)15(16)17/h4-7,12-13H,3,8-9H2,1-2H3. The number of hydrogen-bond donors (Lipinski definition) is 0. The lowest BCUT2D eigenvalue weighted by Gasteiger charge is -2.13. The van der Waals surface area contributed by atoms with Crippen LogP contribution >= 0.6 is 0 Å². The minimum Gasteiger partial charge on any atom is -0.494 e. The minimum absolute atomic E-state index is 0.0272.